The van der Waals surface area contributed by atoms with Crippen molar-refractivity contribution < 1.29 is 4.79 Å². The first kappa shape index (κ1) is 27.2. The SMILES string of the molecule is I.NC(CCCCNC(=O)Nc1ccccc1)(CCc1ccc(Cl)cc1)Cc1ccccc1. The van der Waals surface area contributed by atoms with Gasteiger partial charge in [-0.3, -0.25) is 0 Å². The van der Waals surface area contributed by atoms with Gasteiger partial charge in [-0.1, -0.05) is 72.3 Å². The third kappa shape index (κ3) is 10.2. The summed E-state index contributed by atoms with van der Waals surface area (Å²) in [5.41, 5.74) is 9.92. The summed E-state index contributed by atoms with van der Waals surface area (Å²) < 4.78 is 0. The number of nitrogens with two attached hydrogens (primary N) is 1. The molecule has 0 fully saturated rings. The number of benzene rings is 3. The fourth-order valence-electron chi connectivity index (χ4n) is 3.85. The summed E-state index contributed by atoms with van der Waals surface area (Å²) in [6.07, 6.45) is 5.39. The molecule has 4 nitrogen and oxygen atoms in total. The van der Waals surface area contributed by atoms with Crippen molar-refractivity contribution in [1.82, 2.24) is 5.32 Å². The first-order valence-corrected chi connectivity index (χ1v) is 11.6. The van der Waals surface area contributed by atoms with Gasteiger partial charge in [0.1, 0.15) is 0 Å². The molecule has 2 amide bonds. The predicted octanol–water partition coefficient (Wildman–Crippen LogP) is 6.82. The van der Waals surface area contributed by atoms with Crippen molar-refractivity contribution in [2.75, 3.05) is 11.9 Å². The van der Waals surface area contributed by atoms with E-state index in [-0.39, 0.29) is 35.5 Å². The molecule has 0 radical (unpaired) electrons. The van der Waals surface area contributed by atoms with Gasteiger partial charge in [0.05, 0.1) is 0 Å². The molecule has 3 rings (SSSR count). The van der Waals surface area contributed by atoms with Gasteiger partial charge in [0.25, 0.3) is 0 Å². The molecular weight excluding hydrogens is 545 g/mol. The highest BCUT2D eigenvalue weighted by atomic mass is 127. The summed E-state index contributed by atoms with van der Waals surface area (Å²) in [5.74, 6) is 0. The number of hydrogen-bond donors (Lipinski definition) is 3. The van der Waals surface area contributed by atoms with Crippen molar-refractivity contribution in [3.8, 4) is 0 Å². The Kier molecular flexibility index (Phi) is 11.7. The van der Waals surface area contributed by atoms with Crippen molar-refractivity contribution in [2.45, 2.75) is 44.1 Å². The normalized spacial score (nSPS) is 12.3. The Bertz CT molecular complexity index is 954. The second-order valence-corrected chi connectivity index (χ2v) is 8.79. The number of carbonyl (C=O) groups is 1. The number of aryl methyl sites for hydroxylation is 1. The van der Waals surface area contributed by atoms with Crippen molar-refractivity contribution in [2.24, 2.45) is 5.73 Å². The Balaban J connectivity index is 0.00000385. The van der Waals surface area contributed by atoms with Crippen LogP contribution in [0.1, 0.15) is 36.8 Å². The van der Waals surface area contributed by atoms with Gasteiger partial charge in [-0.05, 0) is 73.9 Å². The van der Waals surface area contributed by atoms with Gasteiger partial charge in [0, 0.05) is 22.8 Å². The average molecular weight is 578 g/mol. The standard InChI is InChI=1S/C27H32ClN3O.HI/c28-24-15-13-22(14-16-24)17-19-27(29,21-23-9-3-1-4-10-23)18-7-8-20-30-26(32)31-25-11-5-2-6-12-25;/h1-6,9-16H,7-8,17-21,29H2,(H2,30,31,32);1H. The van der Waals surface area contributed by atoms with Gasteiger partial charge in [-0.25, -0.2) is 4.79 Å². The zero-order valence-electron chi connectivity index (χ0n) is 18.8. The van der Waals surface area contributed by atoms with Crippen LogP contribution >= 0.6 is 35.6 Å². The first-order chi connectivity index (χ1) is 15.5. The van der Waals surface area contributed by atoms with E-state index in [1.807, 2.05) is 48.5 Å². The molecule has 0 spiro atoms. The maximum Gasteiger partial charge on any atom is 0.319 e. The molecule has 0 aromatic heterocycles. The predicted molar refractivity (Wildman–Crippen MR) is 150 cm³/mol. The highest BCUT2D eigenvalue weighted by molar-refractivity contribution is 14.0. The minimum atomic E-state index is -0.298. The van der Waals surface area contributed by atoms with Gasteiger partial charge in [0.15, 0.2) is 0 Å². The topological polar surface area (TPSA) is 67.1 Å². The van der Waals surface area contributed by atoms with Crippen LogP contribution in [0.15, 0.2) is 84.9 Å². The summed E-state index contributed by atoms with van der Waals surface area (Å²) in [6, 6.07) is 27.7. The zero-order valence-corrected chi connectivity index (χ0v) is 21.9. The van der Waals surface area contributed by atoms with Crippen molar-refractivity contribution in [3.05, 3.63) is 101 Å². The number of amides is 2. The van der Waals surface area contributed by atoms with E-state index in [9.17, 15) is 4.79 Å². The quantitative estimate of drug-likeness (QED) is 0.173. The van der Waals surface area contributed by atoms with Gasteiger partial charge in [-0.15, -0.1) is 24.0 Å². The molecule has 3 aromatic carbocycles. The lowest BCUT2D eigenvalue weighted by atomic mass is 9.82. The third-order valence-corrected chi connectivity index (χ3v) is 5.89. The monoisotopic (exact) mass is 577 g/mol. The van der Waals surface area contributed by atoms with Crippen molar-refractivity contribution in [3.63, 3.8) is 0 Å². The first-order valence-electron chi connectivity index (χ1n) is 11.2. The van der Waals surface area contributed by atoms with Crippen molar-refractivity contribution >= 4 is 47.3 Å². The van der Waals surface area contributed by atoms with Gasteiger partial charge < -0.3 is 16.4 Å². The van der Waals surface area contributed by atoms with E-state index in [4.69, 9.17) is 17.3 Å². The molecule has 33 heavy (non-hydrogen) atoms. The number of urea groups is 1. The second kappa shape index (κ2) is 14.2. The highest BCUT2D eigenvalue weighted by Crippen LogP contribution is 2.24. The molecule has 0 aliphatic carbocycles. The maximum absolute atomic E-state index is 12.0. The fourth-order valence-corrected chi connectivity index (χ4v) is 3.98. The molecule has 0 bridgehead atoms. The molecule has 0 saturated heterocycles. The molecule has 0 aliphatic heterocycles. The molecule has 3 aromatic rings. The summed E-state index contributed by atoms with van der Waals surface area (Å²) in [7, 11) is 0. The number of unbranched alkanes of at least 4 members (excludes halogenated alkanes) is 1. The van der Waals surface area contributed by atoms with Crippen LogP contribution < -0.4 is 16.4 Å². The number of anilines is 1. The Hall–Kier alpha value is -2.09. The van der Waals surface area contributed by atoms with Gasteiger partial charge >= 0.3 is 6.03 Å². The molecule has 4 N–H and O–H groups in total. The van der Waals surface area contributed by atoms with Crippen LogP contribution in [0.2, 0.25) is 5.02 Å². The maximum atomic E-state index is 12.0. The van der Waals surface area contributed by atoms with E-state index in [1.165, 1.54) is 11.1 Å². The summed E-state index contributed by atoms with van der Waals surface area (Å²) in [5, 5.41) is 6.52. The lowest BCUT2D eigenvalue weighted by Crippen LogP contribution is -2.42. The smallest absolute Gasteiger partial charge is 0.319 e. The lowest BCUT2D eigenvalue weighted by molar-refractivity contribution is 0.251. The second-order valence-electron chi connectivity index (χ2n) is 8.36. The van der Waals surface area contributed by atoms with Crippen LogP contribution in [0.3, 0.4) is 0 Å². The van der Waals surface area contributed by atoms with E-state index in [2.05, 4.69) is 47.0 Å². The van der Waals surface area contributed by atoms with E-state index in [1.54, 1.807) is 0 Å². The van der Waals surface area contributed by atoms with E-state index < -0.39 is 0 Å². The number of para-hydroxylation sites is 1. The fraction of sp³-hybridized carbons (Fsp3) is 0.296. The number of halogens is 2. The number of rotatable bonds is 11. The largest absolute Gasteiger partial charge is 0.338 e. The zero-order chi connectivity index (χ0) is 22.7. The van der Waals surface area contributed by atoms with E-state index in [0.717, 1.165) is 49.2 Å². The van der Waals surface area contributed by atoms with Crippen LogP contribution in [0, 0.1) is 0 Å². The number of nitrogens with one attached hydrogen (secondary N) is 2. The molecule has 0 saturated carbocycles. The van der Waals surface area contributed by atoms with E-state index >= 15 is 0 Å². The van der Waals surface area contributed by atoms with E-state index in [0.29, 0.717) is 6.54 Å². The average Bonchev–Trinajstić information content (AvgIpc) is 2.80. The summed E-state index contributed by atoms with van der Waals surface area (Å²) >= 11 is 6.02. The van der Waals surface area contributed by atoms with Crippen LogP contribution in [0.4, 0.5) is 10.5 Å². The van der Waals surface area contributed by atoms with Crippen LogP contribution in [-0.2, 0) is 12.8 Å². The molecule has 1 unspecified atom stereocenters. The number of carbonyl (C=O) groups excluding carboxylic acids is 1. The molecule has 176 valence electrons. The van der Waals surface area contributed by atoms with Crippen LogP contribution in [0.25, 0.3) is 0 Å². The summed E-state index contributed by atoms with van der Waals surface area (Å²) in [6.45, 7) is 0.622. The highest BCUT2D eigenvalue weighted by Gasteiger charge is 2.24. The van der Waals surface area contributed by atoms with Crippen LogP contribution in [-0.4, -0.2) is 18.1 Å². The van der Waals surface area contributed by atoms with Gasteiger partial charge in [-0.2, -0.15) is 0 Å². The molecule has 0 aliphatic rings. The Morgan fingerprint density at radius 1 is 0.818 bits per heavy atom. The Labute approximate surface area is 219 Å². The Morgan fingerprint density at radius 2 is 1.45 bits per heavy atom. The molecule has 1 atom stereocenters. The Morgan fingerprint density at radius 3 is 2.12 bits per heavy atom. The minimum Gasteiger partial charge on any atom is -0.338 e. The molecule has 6 heteroatoms. The number of hydrogen-bond acceptors (Lipinski definition) is 2. The minimum absolute atomic E-state index is 0. The van der Waals surface area contributed by atoms with Crippen molar-refractivity contribution in [1.29, 1.82) is 0 Å². The molecule has 0 heterocycles. The lowest BCUT2D eigenvalue weighted by Gasteiger charge is -2.30. The molecular formula is C27H33ClIN3O. The third-order valence-electron chi connectivity index (χ3n) is 5.64. The van der Waals surface area contributed by atoms with Crippen LogP contribution in [0.5, 0.6) is 0 Å². The van der Waals surface area contributed by atoms with Gasteiger partial charge in [0.2, 0.25) is 0 Å². The summed E-state index contributed by atoms with van der Waals surface area (Å²) in [4.78, 5) is 12.0.